The first-order chi connectivity index (χ1) is 13.1. The number of anilines is 2. The highest BCUT2D eigenvalue weighted by molar-refractivity contribution is 6.31. The van der Waals surface area contributed by atoms with Gasteiger partial charge in [0.15, 0.2) is 0 Å². The van der Waals surface area contributed by atoms with Crippen molar-refractivity contribution in [3.63, 3.8) is 0 Å². The summed E-state index contributed by atoms with van der Waals surface area (Å²) in [6.07, 6.45) is 0. The third-order valence-electron chi connectivity index (χ3n) is 4.02. The first kappa shape index (κ1) is 18.8. The lowest BCUT2D eigenvalue weighted by molar-refractivity contribution is -0.114. The van der Waals surface area contributed by atoms with Gasteiger partial charge in [0.2, 0.25) is 5.91 Å². The molecule has 5 heteroatoms. The molecule has 3 rings (SSSR count). The van der Waals surface area contributed by atoms with Gasteiger partial charge in [0.1, 0.15) is 12.4 Å². The molecule has 27 heavy (non-hydrogen) atoms. The number of carbonyl (C=O) groups excluding carboxylic acids is 1. The van der Waals surface area contributed by atoms with Crippen LogP contribution in [0.25, 0.3) is 0 Å². The van der Waals surface area contributed by atoms with Crippen molar-refractivity contribution >= 4 is 28.9 Å². The largest absolute Gasteiger partial charge is 0.487 e. The van der Waals surface area contributed by atoms with Crippen LogP contribution in [0.5, 0.6) is 5.75 Å². The number of hydrogen-bond acceptors (Lipinski definition) is 3. The van der Waals surface area contributed by atoms with Gasteiger partial charge in [-0.15, -0.1) is 0 Å². The maximum absolute atomic E-state index is 12.3. The average molecular weight is 381 g/mol. The fourth-order valence-electron chi connectivity index (χ4n) is 2.51. The van der Waals surface area contributed by atoms with Crippen LogP contribution in [0.1, 0.15) is 11.1 Å². The van der Waals surface area contributed by atoms with E-state index in [0.29, 0.717) is 23.1 Å². The molecule has 4 nitrogen and oxygen atoms in total. The molecule has 0 aliphatic rings. The molecule has 0 spiro atoms. The maximum Gasteiger partial charge on any atom is 0.243 e. The Labute approximate surface area is 164 Å². The highest BCUT2D eigenvalue weighted by Gasteiger charge is 2.08. The maximum atomic E-state index is 12.3. The van der Waals surface area contributed by atoms with Crippen LogP contribution in [0.2, 0.25) is 5.02 Å². The summed E-state index contributed by atoms with van der Waals surface area (Å²) in [6, 6.07) is 22.9. The molecule has 1 amide bonds. The minimum atomic E-state index is -0.164. The lowest BCUT2D eigenvalue weighted by Crippen LogP contribution is -2.22. The van der Waals surface area contributed by atoms with Crippen molar-refractivity contribution in [3.8, 4) is 5.75 Å². The fourth-order valence-corrected chi connectivity index (χ4v) is 2.69. The molecular formula is C22H21ClN2O2. The highest BCUT2D eigenvalue weighted by Crippen LogP contribution is 2.25. The van der Waals surface area contributed by atoms with E-state index in [9.17, 15) is 4.79 Å². The quantitative estimate of drug-likeness (QED) is 0.586. The number of aryl methyl sites for hydroxylation is 1. The zero-order valence-electron chi connectivity index (χ0n) is 15.0. The molecule has 0 fully saturated rings. The number of carbonyl (C=O) groups is 1. The molecule has 0 aromatic heterocycles. The Morgan fingerprint density at radius 2 is 1.74 bits per heavy atom. The van der Waals surface area contributed by atoms with E-state index in [0.717, 1.165) is 16.8 Å². The van der Waals surface area contributed by atoms with E-state index in [4.69, 9.17) is 16.3 Å². The first-order valence-corrected chi connectivity index (χ1v) is 9.05. The van der Waals surface area contributed by atoms with Gasteiger partial charge in [0.05, 0.1) is 12.2 Å². The molecule has 138 valence electrons. The molecule has 0 radical (unpaired) electrons. The van der Waals surface area contributed by atoms with Crippen molar-refractivity contribution < 1.29 is 9.53 Å². The Morgan fingerprint density at radius 1 is 1.00 bits per heavy atom. The Balaban J connectivity index is 1.58. The predicted octanol–water partition coefficient (Wildman–Crippen LogP) is 5.28. The summed E-state index contributed by atoms with van der Waals surface area (Å²) in [5, 5.41) is 6.62. The van der Waals surface area contributed by atoms with E-state index in [-0.39, 0.29) is 12.5 Å². The number of halogens is 1. The molecule has 0 saturated heterocycles. The molecule has 0 atom stereocenters. The van der Waals surface area contributed by atoms with Gasteiger partial charge in [-0.3, -0.25) is 4.79 Å². The minimum Gasteiger partial charge on any atom is -0.487 e. The Bertz CT molecular complexity index is 913. The summed E-state index contributed by atoms with van der Waals surface area (Å²) in [4.78, 5) is 12.3. The Morgan fingerprint density at radius 3 is 2.52 bits per heavy atom. The third-order valence-corrected chi connectivity index (χ3v) is 4.43. The standard InChI is InChI=1S/C22H21ClN2O2/c1-16-11-12-18(13-19(16)23)24-14-22(26)25-20-9-5-6-10-21(20)27-15-17-7-3-2-4-8-17/h2-13,24H,14-15H2,1H3,(H,25,26). The summed E-state index contributed by atoms with van der Waals surface area (Å²) in [5.41, 5.74) is 3.50. The molecule has 0 unspecified atom stereocenters. The van der Waals surface area contributed by atoms with Gasteiger partial charge in [-0.1, -0.05) is 60.1 Å². The van der Waals surface area contributed by atoms with E-state index < -0.39 is 0 Å². The number of ether oxygens (including phenoxy) is 1. The van der Waals surface area contributed by atoms with Gasteiger partial charge in [0.25, 0.3) is 0 Å². The van der Waals surface area contributed by atoms with Crippen LogP contribution < -0.4 is 15.4 Å². The smallest absolute Gasteiger partial charge is 0.243 e. The Hall–Kier alpha value is -2.98. The van der Waals surface area contributed by atoms with Crippen LogP contribution in [-0.4, -0.2) is 12.5 Å². The van der Waals surface area contributed by atoms with Gasteiger partial charge in [0, 0.05) is 10.7 Å². The second kappa shape index (κ2) is 9.10. The number of para-hydroxylation sites is 2. The van der Waals surface area contributed by atoms with Crippen LogP contribution in [0, 0.1) is 6.92 Å². The fraction of sp³-hybridized carbons (Fsp3) is 0.136. The van der Waals surface area contributed by atoms with E-state index >= 15 is 0 Å². The number of amides is 1. The van der Waals surface area contributed by atoms with E-state index in [1.165, 1.54) is 0 Å². The molecule has 3 aromatic carbocycles. The van der Waals surface area contributed by atoms with Crippen LogP contribution >= 0.6 is 11.6 Å². The predicted molar refractivity (Wildman–Crippen MR) is 111 cm³/mol. The molecule has 0 aliphatic carbocycles. The monoisotopic (exact) mass is 380 g/mol. The molecule has 0 bridgehead atoms. The zero-order chi connectivity index (χ0) is 19.1. The van der Waals surface area contributed by atoms with E-state index in [2.05, 4.69) is 10.6 Å². The lowest BCUT2D eigenvalue weighted by Gasteiger charge is -2.13. The normalized spacial score (nSPS) is 10.3. The second-order valence-electron chi connectivity index (χ2n) is 6.14. The SMILES string of the molecule is Cc1ccc(NCC(=O)Nc2ccccc2OCc2ccccc2)cc1Cl. The van der Waals surface area contributed by atoms with Crippen LogP contribution in [0.4, 0.5) is 11.4 Å². The van der Waals surface area contributed by atoms with E-state index in [1.54, 1.807) is 6.07 Å². The van der Waals surface area contributed by atoms with Crippen molar-refractivity contribution in [1.29, 1.82) is 0 Å². The van der Waals surface area contributed by atoms with Crippen molar-refractivity contribution in [1.82, 2.24) is 0 Å². The van der Waals surface area contributed by atoms with Gasteiger partial charge < -0.3 is 15.4 Å². The third kappa shape index (κ3) is 5.50. The molecule has 2 N–H and O–H groups in total. The van der Waals surface area contributed by atoms with Gasteiger partial charge >= 0.3 is 0 Å². The summed E-state index contributed by atoms with van der Waals surface area (Å²) in [5.74, 6) is 0.468. The van der Waals surface area contributed by atoms with Crippen LogP contribution in [-0.2, 0) is 11.4 Å². The second-order valence-corrected chi connectivity index (χ2v) is 6.54. The minimum absolute atomic E-state index is 0.131. The van der Waals surface area contributed by atoms with Crippen molar-refractivity contribution in [3.05, 3.63) is 88.9 Å². The summed E-state index contributed by atoms with van der Waals surface area (Å²) in [6.45, 7) is 2.51. The van der Waals surface area contributed by atoms with Crippen molar-refractivity contribution in [2.45, 2.75) is 13.5 Å². The van der Waals surface area contributed by atoms with Crippen molar-refractivity contribution in [2.75, 3.05) is 17.2 Å². The van der Waals surface area contributed by atoms with Crippen LogP contribution in [0.15, 0.2) is 72.8 Å². The highest BCUT2D eigenvalue weighted by atomic mass is 35.5. The molecule has 0 saturated carbocycles. The van der Waals surface area contributed by atoms with Gasteiger partial charge in [-0.05, 0) is 42.3 Å². The lowest BCUT2D eigenvalue weighted by atomic mass is 10.2. The first-order valence-electron chi connectivity index (χ1n) is 8.67. The molecule has 0 heterocycles. The molecule has 3 aromatic rings. The number of nitrogens with one attached hydrogen (secondary N) is 2. The molecule has 0 aliphatic heterocycles. The summed E-state index contributed by atoms with van der Waals surface area (Å²) < 4.78 is 5.86. The van der Waals surface area contributed by atoms with Gasteiger partial charge in [-0.2, -0.15) is 0 Å². The number of hydrogen-bond donors (Lipinski definition) is 2. The van der Waals surface area contributed by atoms with Crippen molar-refractivity contribution in [2.24, 2.45) is 0 Å². The number of benzene rings is 3. The average Bonchev–Trinajstić information content (AvgIpc) is 2.69. The van der Waals surface area contributed by atoms with Crippen LogP contribution in [0.3, 0.4) is 0 Å². The summed E-state index contributed by atoms with van der Waals surface area (Å²) in [7, 11) is 0. The summed E-state index contributed by atoms with van der Waals surface area (Å²) >= 11 is 6.11. The molecular weight excluding hydrogens is 360 g/mol. The number of rotatable bonds is 7. The Kier molecular flexibility index (Phi) is 6.34. The van der Waals surface area contributed by atoms with E-state index in [1.807, 2.05) is 73.7 Å². The zero-order valence-corrected chi connectivity index (χ0v) is 15.8. The topological polar surface area (TPSA) is 50.4 Å². The van der Waals surface area contributed by atoms with Gasteiger partial charge in [-0.25, -0.2) is 0 Å².